The van der Waals surface area contributed by atoms with Gasteiger partial charge in [-0.15, -0.1) is 0 Å². The van der Waals surface area contributed by atoms with Crippen LogP contribution in [0.25, 0.3) is 10.9 Å². The SMILES string of the molecule is CCc1ccc2[nH]c(=O)c(C#N)c(N3CCC(C)(OC)CC3)c2c1F. The van der Waals surface area contributed by atoms with Crippen LogP contribution in [0.5, 0.6) is 0 Å². The number of nitriles is 1. The van der Waals surface area contributed by atoms with E-state index in [0.717, 1.165) is 12.8 Å². The number of aryl methyl sites for hydroxylation is 1. The number of benzene rings is 1. The molecule has 6 heteroatoms. The summed E-state index contributed by atoms with van der Waals surface area (Å²) >= 11 is 0. The van der Waals surface area contributed by atoms with E-state index in [-0.39, 0.29) is 17.0 Å². The fraction of sp³-hybridized carbons (Fsp3) is 0.474. The van der Waals surface area contributed by atoms with Gasteiger partial charge in [-0.3, -0.25) is 4.79 Å². The third-order valence-electron chi connectivity index (χ3n) is 5.29. The average Bonchev–Trinajstić information content (AvgIpc) is 2.62. The first-order valence-corrected chi connectivity index (χ1v) is 8.51. The van der Waals surface area contributed by atoms with E-state index < -0.39 is 5.56 Å². The van der Waals surface area contributed by atoms with Gasteiger partial charge in [0.05, 0.1) is 22.2 Å². The van der Waals surface area contributed by atoms with Crippen molar-refractivity contribution >= 4 is 16.6 Å². The van der Waals surface area contributed by atoms with Gasteiger partial charge in [0, 0.05) is 20.2 Å². The maximum Gasteiger partial charge on any atom is 0.268 e. The summed E-state index contributed by atoms with van der Waals surface area (Å²) in [6, 6.07) is 5.37. The molecule has 1 saturated heterocycles. The molecule has 0 saturated carbocycles. The number of hydrogen-bond donors (Lipinski definition) is 1. The van der Waals surface area contributed by atoms with Crippen molar-refractivity contribution in [2.75, 3.05) is 25.1 Å². The fourth-order valence-electron chi connectivity index (χ4n) is 3.47. The number of halogens is 1. The van der Waals surface area contributed by atoms with Crippen LogP contribution in [0.2, 0.25) is 0 Å². The van der Waals surface area contributed by atoms with Crippen molar-refractivity contribution in [3.05, 3.63) is 39.4 Å². The number of ether oxygens (including phenoxy) is 1. The maximum atomic E-state index is 15.1. The van der Waals surface area contributed by atoms with Crippen molar-refractivity contribution in [1.29, 1.82) is 5.26 Å². The minimum absolute atomic E-state index is 0.0272. The zero-order valence-electron chi connectivity index (χ0n) is 14.8. The van der Waals surface area contributed by atoms with Crippen LogP contribution in [0, 0.1) is 17.1 Å². The van der Waals surface area contributed by atoms with Gasteiger partial charge in [-0.2, -0.15) is 5.26 Å². The minimum atomic E-state index is -0.478. The van der Waals surface area contributed by atoms with Gasteiger partial charge in [0.25, 0.3) is 5.56 Å². The van der Waals surface area contributed by atoms with Crippen molar-refractivity contribution < 1.29 is 9.13 Å². The van der Waals surface area contributed by atoms with Crippen LogP contribution in [-0.4, -0.2) is 30.8 Å². The molecule has 1 aromatic heterocycles. The van der Waals surface area contributed by atoms with E-state index in [9.17, 15) is 10.1 Å². The first-order chi connectivity index (χ1) is 11.9. The summed E-state index contributed by atoms with van der Waals surface area (Å²) in [5.74, 6) is -0.358. The zero-order valence-corrected chi connectivity index (χ0v) is 14.8. The van der Waals surface area contributed by atoms with Gasteiger partial charge < -0.3 is 14.6 Å². The first-order valence-electron chi connectivity index (χ1n) is 8.51. The highest BCUT2D eigenvalue weighted by atomic mass is 19.1. The molecular weight excluding hydrogens is 321 g/mol. The Morgan fingerprint density at radius 2 is 2.08 bits per heavy atom. The Morgan fingerprint density at radius 3 is 2.64 bits per heavy atom. The number of hydrogen-bond acceptors (Lipinski definition) is 4. The van der Waals surface area contributed by atoms with Gasteiger partial charge in [-0.1, -0.05) is 13.0 Å². The summed E-state index contributed by atoms with van der Waals surface area (Å²) in [6.07, 6.45) is 2.04. The third kappa shape index (κ3) is 2.89. The number of rotatable bonds is 3. The summed E-state index contributed by atoms with van der Waals surface area (Å²) in [5.41, 5.74) is 0.673. The second-order valence-corrected chi connectivity index (χ2v) is 6.75. The molecule has 0 bridgehead atoms. The Morgan fingerprint density at radius 1 is 1.40 bits per heavy atom. The second kappa shape index (κ2) is 6.49. The van der Waals surface area contributed by atoms with Crippen LogP contribution in [0.15, 0.2) is 16.9 Å². The highest BCUT2D eigenvalue weighted by Crippen LogP contribution is 2.35. The number of anilines is 1. The molecule has 3 rings (SSSR count). The Labute approximate surface area is 146 Å². The number of nitrogens with one attached hydrogen (secondary N) is 1. The molecule has 5 nitrogen and oxygen atoms in total. The van der Waals surface area contributed by atoms with Gasteiger partial charge in [-0.05, 0) is 37.8 Å². The molecule has 0 amide bonds. The monoisotopic (exact) mass is 343 g/mol. The molecule has 0 atom stereocenters. The van der Waals surface area contributed by atoms with E-state index in [0.29, 0.717) is 41.7 Å². The van der Waals surface area contributed by atoms with E-state index in [2.05, 4.69) is 4.98 Å². The quantitative estimate of drug-likeness (QED) is 0.930. The molecular formula is C19H22FN3O2. The summed E-state index contributed by atoms with van der Waals surface area (Å²) in [7, 11) is 1.69. The second-order valence-electron chi connectivity index (χ2n) is 6.75. The summed E-state index contributed by atoms with van der Waals surface area (Å²) in [6.45, 7) is 5.13. The Hall–Kier alpha value is -2.39. The number of nitrogens with zero attached hydrogens (tertiary/aromatic N) is 2. The number of fused-ring (bicyclic) bond motifs is 1. The molecule has 2 aromatic rings. The van der Waals surface area contributed by atoms with E-state index in [1.165, 1.54) is 0 Å². The number of aromatic nitrogens is 1. The number of piperidine rings is 1. The maximum absolute atomic E-state index is 15.1. The predicted octanol–water partition coefficient (Wildman–Crippen LogP) is 3.11. The Bertz CT molecular complexity index is 905. The normalized spacial score (nSPS) is 16.8. The van der Waals surface area contributed by atoms with Gasteiger partial charge in [0.15, 0.2) is 0 Å². The number of aromatic amines is 1. The number of pyridine rings is 1. The molecule has 0 radical (unpaired) electrons. The molecule has 0 unspecified atom stereocenters. The van der Waals surface area contributed by atoms with E-state index in [4.69, 9.17) is 4.74 Å². The topological polar surface area (TPSA) is 69.1 Å². The predicted molar refractivity (Wildman–Crippen MR) is 95.5 cm³/mol. The van der Waals surface area contributed by atoms with Crippen LogP contribution in [0.3, 0.4) is 0 Å². The van der Waals surface area contributed by atoms with E-state index in [1.807, 2.05) is 24.8 Å². The molecule has 1 fully saturated rings. The first kappa shape index (κ1) is 17.4. The van der Waals surface area contributed by atoms with Crippen LogP contribution in [0.1, 0.15) is 37.8 Å². The lowest BCUT2D eigenvalue weighted by molar-refractivity contribution is -0.0132. The fourth-order valence-corrected chi connectivity index (χ4v) is 3.47. The molecule has 0 spiro atoms. The smallest absolute Gasteiger partial charge is 0.268 e. The van der Waals surface area contributed by atoms with Gasteiger partial charge in [0.1, 0.15) is 17.4 Å². The highest BCUT2D eigenvalue weighted by Gasteiger charge is 2.32. The van der Waals surface area contributed by atoms with Gasteiger partial charge in [-0.25, -0.2) is 4.39 Å². The molecule has 1 aromatic carbocycles. The van der Waals surface area contributed by atoms with Crippen molar-refractivity contribution in [2.45, 2.75) is 38.7 Å². The summed E-state index contributed by atoms with van der Waals surface area (Å²) in [4.78, 5) is 16.9. The minimum Gasteiger partial charge on any atom is -0.378 e. The van der Waals surface area contributed by atoms with Crippen molar-refractivity contribution in [3.63, 3.8) is 0 Å². The molecule has 25 heavy (non-hydrogen) atoms. The van der Waals surface area contributed by atoms with Crippen molar-refractivity contribution in [2.24, 2.45) is 0 Å². The number of H-pyrrole nitrogens is 1. The molecule has 1 N–H and O–H groups in total. The molecule has 1 aliphatic heterocycles. The van der Waals surface area contributed by atoms with Crippen LogP contribution in [-0.2, 0) is 11.2 Å². The van der Waals surface area contributed by atoms with Gasteiger partial charge in [0.2, 0.25) is 0 Å². The standard InChI is InChI=1S/C19H22FN3O2/c1-4-12-5-6-14-15(16(12)20)17(13(11-21)18(24)22-14)23-9-7-19(2,25-3)8-10-23/h5-6H,4,7-10H2,1-3H3,(H,22,24). The highest BCUT2D eigenvalue weighted by molar-refractivity contribution is 5.95. The third-order valence-corrected chi connectivity index (χ3v) is 5.29. The Balaban J connectivity index is 2.22. The molecule has 1 aliphatic rings. The van der Waals surface area contributed by atoms with E-state index in [1.54, 1.807) is 19.2 Å². The van der Waals surface area contributed by atoms with E-state index >= 15 is 4.39 Å². The zero-order chi connectivity index (χ0) is 18.2. The lowest BCUT2D eigenvalue weighted by Crippen LogP contribution is -2.44. The molecule has 2 heterocycles. The lowest BCUT2D eigenvalue weighted by atomic mass is 9.92. The average molecular weight is 343 g/mol. The van der Waals surface area contributed by atoms with Crippen molar-refractivity contribution in [1.82, 2.24) is 4.98 Å². The van der Waals surface area contributed by atoms with Gasteiger partial charge >= 0.3 is 0 Å². The van der Waals surface area contributed by atoms with Crippen LogP contribution >= 0.6 is 0 Å². The van der Waals surface area contributed by atoms with Crippen molar-refractivity contribution in [3.8, 4) is 6.07 Å². The molecule has 0 aliphatic carbocycles. The van der Waals surface area contributed by atoms with Crippen LogP contribution in [0.4, 0.5) is 10.1 Å². The molecule has 132 valence electrons. The summed E-state index contributed by atoms with van der Waals surface area (Å²) < 4.78 is 20.6. The van der Waals surface area contributed by atoms with Crippen LogP contribution < -0.4 is 10.5 Å². The lowest BCUT2D eigenvalue weighted by Gasteiger charge is -2.40. The summed E-state index contributed by atoms with van der Waals surface area (Å²) in [5, 5.41) is 9.84. The largest absolute Gasteiger partial charge is 0.378 e. The number of methoxy groups -OCH3 is 1. The Kier molecular flexibility index (Phi) is 4.53.